The highest BCUT2D eigenvalue weighted by atomic mass is 35.5. The number of rotatable bonds is 3. The number of carbonyl (C=O) groups is 1. The molecule has 6 heteroatoms. The SMILES string of the molecule is NC(=O)c1cc(N)cc(Cl)c1N1CCN(C2CC2)CC1. The highest BCUT2D eigenvalue weighted by Gasteiger charge is 2.32. The molecule has 0 atom stereocenters. The normalized spacial score (nSPS) is 20.1. The van der Waals surface area contributed by atoms with Gasteiger partial charge in [0, 0.05) is 37.9 Å². The van der Waals surface area contributed by atoms with E-state index in [-0.39, 0.29) is 0 Å². The molecule has 0 unspecified atom stereocenters. The quantitative estimate of drug-likeness (QED) is 0.824. The van der Waals surface area contributed by atoms with Gasteiger partial charge in [0.05, 0.1) is 16.3 Å². The predicted molar refractivity (Wildman–Crippen MR) is 81.2 cm³/mol. The van der Waals surface area contributed by atoms with Crippen LogP contribution in [0, 0.1) is 0 Å². The summed E-state index contributed by atoms with van der Waals surface area (Å²) < 4.78 is 0. The standard InChI is InChI=1S/C14H19ClN4O/c15-12-8-9(16)7-11(14(17)20)13(12)19-5-3-18(4-6-19)10-1-2-10/h7-8,10H,1-6,16H2,(H2,17,20). The molecule has 108 valence electrons. The van der Waals surface area contributed by atoms with E-state index in [1.807, 2.05) is 0 Å². The molecule has 5 nitrogen and oxygen atoms in total. The molecule has 0 spiro atoms. The maximum Gasteiger partial charge on any atom is 0.250 e. The van der Waals surface area contributed by atoms with E-state index in [0.717, 1.165) is 37.9 Å². The Morgan fingerprint density at radius 1 is 1.20 bits per heavy atom. The Kier molecular flexibility index (Phi) is 3.48. The van der Waals surface area contributed by atoms with Crippen molar-refractivity contribution in [3.8, 4) is 0 Å². The van der Waals surface area contributed by atoms with E-state index in [1.54, 1.807) is 12.1 Å². The van der Waals surface area contributed by atoms with Crippen LogP contribution < -0.4 is 16.4 Å². The minimum absolute atomic E-state index is 0.412. The van der Waals surface area contributed by atoms with Gasteiger partial charge in [0.25, 0.3) is 5.91 Å². The molecule has 1 saturated heterocycles. The number of halogens is 1. The molecule has 1 aliphatic heterocycles. The highest BCUT2D eigenvalue weighted by Crippen LogP contribution is 2.34. The Balaban J connectivity index is 1.84. The average molecular weight is 295 g/mol. The van der Waals surface area contributed by atoms with Crippen LogP contribution in [0.1, 0.15) is 23.2 Å². The monoisotopic (exact) mass is 294 g/mol. The molecule has 1 saturated carbocycles. The fourth-order valence-corrected chi connectivity index (χ4v) is 3.23. The molecule has 0 radical (unpaired) electrons. The van der Waals surface area contributed by atoms with Gasteiger partial charge in [-0.25, -0.2) is 0 Å². The predicted octanol–water partition coefficient (Wildman–Crippen LogP) is 1.31. The summed E-state index contributed by atoms with van der Waals surface area (Å²) in [4.78, 5) is 16.3. The number of amides is 1. The molecule has 1 aromatic rings. The summed E-state index contributed by atoms with van der Waals surface area (Å²) in [6.07, 6.45) is 2.63. The number of carbonyl (C=O) groups excluding carboxylic acids is 1. The van der Waals surface area contributed by atoms with Gasteiger partial charge < -0.3 is 16.4 Å². The second-order valence-corrected chi connectivity index (χ2v) is 5.92. The van der Waals surface area contributed by atoms with Crippen molar-refractivity contribution in [3.05, 3.63) is 22.7 Å². The van der Waals surface area contributed by atoms with Crippen molar-refractivity contribution < 1.29 is 4.79 Å². The number of benzene rings is 1. The van der Waals surface area contributed by atoms with Crippen LogP contribution in [0.2, 0.25) is 5.02 Å². The summed E-state index contributed by atoms with van der Waals surface area (Å²) in [6.45, 7) is 3.73. The number of hydrogen-bond acceptors (Lipinski definition) is 4. The third kappa shape index (κ3) is 2.55. The van der Waals surface area contributed by atoms with Crippen LogP contribution >= 0.6 is 11.6 Å². The van der Waals surface area contributed by atoms with Crippen LogP contribution in [0.25, 0.3) is 0 Å². The number of nitrogen functional groups attached to an aromatic ring is 1. The van der Waals surface area contributed by atoms with Crippen LogP contribution in [0.4, 0.5) is 11.4 Å². The first kappa shape index (κ1) is 13.5. The van der Waals surface area contributed by atoms with Gasteiger partial charge in [-0.2, -0.15) is 0 Å². The smallest absolute Gasteiger partial charge is 0.250 e. The second kappa shape index (κ2) is 5.14. The fraction of sp³-hybridized carbons (Fsp3) is 0.500. The number of nitrogens with two attached hydrogens (primary N) is 2. The van der Waals surface area contributed by atoms with Crippen LogP contribution in [-0.4, -0.2) is 43.0 Å². The minimum Gasteiger partial charge on any atom is -0.399 e. The Morgan fingerprint density at radius 3 is 2.40 bits per heavy atom. The van der Waals surface area contributed by atoms with Crippen molar-refractivity contribution in [3.63, 3.8) is 0 Å². The zero-order chi connectivity index (χ0) is 14.3. The molecule has 1 amide bonds. The van der Waals surface area contributed by atoms with Crippen LogP contribution in [0.5, 0.6) is 0 Å². The van der Waals surface area contributed by atoms with Gasteiger partial charge >= 0.3 is 0 Å². The summed E-state index contributed by atoms with van der Waals surface area (Å²) in [7, 11) is 0. The maximum atomic E-state index is 11.6. The van der Waals surface area contributed by atoms with Gasteiger partial charge in [0.1, 0.15) is 0 Å². The number of primary amides is 1. The topological polar surface area (TPSA) is 75.6 Å². The Morgan fingerprint density at radius 2 is 1.85 bits per heavy atom. The number of anilines is 2. The summed E-state index contributed by atoms with van der Waals surface area (Å²) in [5.74, 6) is -0.487. The van der Waals surface area contributed by atoms with Gasteiger partial charge in [-0.15, -0.1) is 0 Å². The first-order chi connectivity index (χ1) is 9.56. The average Bonchev–Trinajstić information content (AvgIpc) is 3.22. The first-order valence-corrected chi connectivity index (χ1v) is 7.32. The van der Waals surface area contributed by atoms with Crippen molar-refractivity contribution >= 4 is 28.9 Å². The Hall–Kier alpha value is -1.46. The molecular weight excluding hydrogens is 276 g/mol. The van der Waals surface area contributed by atoms with Gasteiger partial charge in [0.2, 0.25) is 0 Å². The number of piperazine rings is 1. The van der Waals surface area contributed by atoms with E-state index in [9.17, 15) is 4.79 Å². The molecule has 20 heavy (non-hydrogen) atoms. The van der Waals surface area contributed by atoms with Crippen molar-refractivity contribution in [1.82, 2.24) is 4.90 Å². The van der Waals surface area contributed by atoms with Gasteiger partial charge in [-0.3, -0.25) is 9.69 Å². The summed E-state index contributed by atoms with van der Waals surface area (Å²) in [5, 5.41) is 0.499. The van der Waals surface area contributed by atoms with E-state index < -0.39 is 5.91 Å². The fourth-order valence-electron chi connectivity index (χ4n) is 2.88. The first-order valence-electron chi connectivity index (χ1n) is 6.94. The van der Waals surface area contributed by atoms with E-state index in [1.165, 1.54) is 12.8 Å². The van der Waals surface area contributed by atoms with E-state index in [0.29, 0.717) is 16.3 Å². The van der Waals surface area contributed by atoms with Crippen molar-refractivity contribution in [1.29, 1.82) is 0 Å². The van der Waals surface area contributed by atoms with Crippen LogP contribution in [0.3, 0.4) is 0 Å². The summed E-state index contributed by atoms with van der Waals surface area (Å²) in [5.41, 5.74) is 12.8. The van der Waals surface area contributed by atoms with Crippen molar-refractivity contribution in [2.45, 2.75) is 18.9 Å². The van der Waals surface area contributed by atoms with Crippen molar-refractivity contribution in [2.24, 2.45) is 5.73 Å². The molecule has 1 aliphatic carbocycles. The third-order valence-corrected chi connectivity index (χ3v) is 4.33. The molecule has 2 aliphatic rings. The molecule has 1 aromatic carbocycles. The minimum atomic E-state index is -0.487. The molecule has 4 N–H and O–H groups in total. The van der Waals surface area contributed by atoms with Gasteiger partial charge in [-0.1, -0.05) is 11.6 Å². The molecule has 1 heterocycles. The zero-order valence-electron chi connectivity index (χ0n) is 11.3. The maximum absolute atomic E-state index is 11.6. The molecular formula is C14H19ClN4O. The lowest BCUT2D eigenvalue weighted by Gasteiger charge is -2.37. The largest absolute Gasteiger partial charge is 0.399 e. The molecule has 3 rings (SSSR count). The van der Waals surface area contributed by atoms with Crippen LogP contribution in [0.15, 0.2) is 12.1 Å². The molecule has 2 fully saturated rings. The highest BCUT2D eigenvalue weighted by molar-refractivity contribution is 6.34. The van der Waals surface area contributed by atoms with Gasteiger partial charge in [-0.05, 0) is 25.0 Å². The van der Waals surface area contributed by atoms with Crippen LogP contribution in [-0.2, 0) is 0 Å². The summed E-state index contributed by atoms with van der Waals surface area (Å²) >= 11 is 6.28. The van der Waals surface area contributed by atoms with E-state index >= 15 is 0 Å². The zero-order valence-corrected chi connectivity index (χ0v) is 12.1. The molecule has 0 aromatic heterocycles. The van der Waals surface area contributed by atoms with E-state index in [4.69, 9.17) is 23.1 Å². The molecule has 0 bridgehead atoms. The lowest BCUT2D eigenvalue weighted by molar-refractivity contribution is 0.100. The second-order valence-electron chi connectivity index (χ2n) is 5.52. The lowest BCUT2D eigenvalue weighted by Crippen LogP contribution is -2.47. The number of hydrogen-bond donors (Lipinski definition) is 2. The Labute approximate surface area is 123 Å². The van der Waals surface area contributed by atoms with Gasteiger partial charge in [0.15, 0.2) is 0 Å². The third-order valence-electron chi connectivity index (χ3n) is 4.04. The Bertz CT molecular complexity index is 536. The lowest BCUT2D eigenvalue weighted by atomic mass is 10.1. The van der Waals surface area contributed by atoms with Crippen molar-refractivity contribution in [2.75, 3.05) is 36.8 Å². The number of nitrogens with zero attached hydrogens (tertiary/aromatic N) is 2. The summed E-state index contributed by atoms with van der Waals surface area (Å²) in [6, 6.07) is 4.06. The van der Waals surface area contributed by atoms with E-state index in [2.05, 4.69) is 9.80 Å².